The number of likely N-dealkylation sites (tertiary alicyclic amines) is 1. The Morgan fingerprint density at radius 2 is 2.05 bits per heavy atom. The maximum Gasteiger partial charge on any atom is 0.226 e. The summed E-state index contributed by atoms with van der Waals surface area (Å²) in [5, 5.41) is 0.644. The maximum atomic E-state index is 13.0. The number of nitrogens with zero attached hydrogens (tertiary/aromatic N) is 1. The number of thioether (sulfide) groups is 1. The average Bonchev–Trinajstić information content (AvgIpc) is 3.01. The highest BCUT2D eigenvalue weighted by Gasteiger charge is 2.61. The van der Waals surface area contributed by atoms with Crippen molar-refractivity contribution in [2.24, 2.45) is 17.3 Å². The molecule has 0 spiro atoms. The SMILES string of the molecule is CCSC1CCCCN(C(=O)C2C(C=C(C)C)C2(C)C)C1. The van der Waals surface area contributed by atoms with Gasteiger partial charge in [0.15, 0.2) is 0 Å². The second kappa shape index (κ2) is 6.76. The van der Waals surface area contributed by atoms with Crippen molar-refractivity contribution in [2.75, 3.05) is 18.8 Å². The van der Waals surface area contributed by atoms with Crippen LogP contribution in [0.5, 0.6) is 0 Å². The fraction of sp³-hybridized carbons (Fsp3) is 0.833. The summed E-state index contributed by atoms with van der Waals surface area (Å²) >= 11 is 2.02. The number of carbonyl (C=O) groups is 1. The fourth-order valence-corrected chi connectivity index (χ4v) is 4.78. The number of hydrogen-bond acceptors (Lipinski definition) is 2. The summed E-state index contributed by atoms with van der Waals surface area (Å²) < 4.78 is 0. The molecule has 120 valence electrons. The average molecular weight is 310 g/mol. The first-order valence-electron chi connectivity index (χ1n) is 8.43. The minimum atomic E-state index is 0.147. The first-order valence-corrected chi connectivity index (χ1v) is 9.48. The molecular weight excluding hydrogens is 278 g/mol. The molecule has 3 atom stereocenters. The Bertz CT molecular complexity index is 411. The Morgan fingerprint density at radius 1 is 1.33 bits per heavy atom. The zero-order valence-electron chi connectivity index (χ0n) is 14.3. The van der Waals surface area contributed by atoms with Gasteiger partial charge in [-0.25, -0.2) is 0 Å². The van der Waals surface area contributed by atoms with Crippen LogP contribution in [0.3, 0.4) is 0 Å². The van der Waals surface area contributed by atoms with Crippen LogP contribution in [0.4, 0.5) is 0 Å². The zero-order chi connectivity index (χ0) is 15.6. The summed E-state index contributed by atoms with van der Waals surface area (Å²) in [5.41, 5.74) is 1.48. The lowest BCUT2D eigenvalue weighted by Gasteiger charge is -2.25. The van der Waals surface area contributed by atoms with Crippen molar-refractivity contribution in [3.8, 4) is 0 Å². The van der Waals surface area contributed by atoms with Gasteiger partial charge in [0.05, 0.1) is 5.92 Å². The Hall–Kier alpha value is -0.440. The van der Waals surface area contributed by atoms with Gasteiger partial charge in [0.25, 0.3) is 0 Å². The van der Waals surface area contributed by atoms with Crippen molar-refractivity contribution in [2.45, 2.75) is 59.1 Å². The van der Waals surface area contributed by atoms with E-state index in [-0.39, 0.29) is 11.3 Å². The molecule has 2 nitrogen and oxygen atoms in total. The van der Waals surface area contributed by atoms with Crippen LogP contribution in [0.1, 0.15) is 53.9 Å². The van der Waals surface area contributed by atoms with Gasteiger partial charge in [0, 0.05) is 18.3 Å². The third kappa shape index (κ3) is 3.85. The van der Waals surface area contributed by atoms with Crippen LogP contribution in [-0.4, -0.2) is 34.9 Å². The molecule has 0 aromatic heterocycles. The third-order valence-electron chi connectivity index (χ3n) is 5.03. The molecule has 21 heavy (non-hydrogen) atoms. The lowest BCUT2D eigenvalue weighted by Crippen LogP contribution is -2.37. The van der Waals surface area contributed by atoms with Crippen molar-refractivity contribution < 1.29 is 4.79 Å². The Kier molecular flexibility index (Phi) is 5.45. The second-order valence-corrected chi connectivity index (χ2v) is 9.00. The lowest BCUT2D eigenvalue weighted by atomic mass is 10.1. The summed E-state index contributed by atoms with van der Waals surface area (Å²) in [6.45, 7) is 12.9. The van der Waals surface area contributed by atoms with Gasteiger partial charge >= 0.3 is 0 Å². The van der Waals surface area contributed by atoms with Crippen molar-refractivity contribution >= 4 is 17.7 Å². The number of carbonyl (C=O) groups excluding carboxylic acids is 1. The molecule has 2 fully saturated rings. The van der Waals surface area contributed by atoms with Gasteiger partial charge in [0.1, 0.15) is 0 Å². The molecule has 0 radical (unpaired) electrons. The molecule has 2 aliphatic rings. The quantitative estimate of drug-likeness (QED) is 0.719. The van der Waals surface area contributed by atoms with E-state index in [1.807, 2.05) is 11.8 Å². The van der Waals surface area contributed by atoms with Gasteiger partial charge in [-0.3, -0.25) is 4.79 Å². The second-order valence-electron chi connectivity index (χ2n) is 7.43. The van der Waals surface area contributed by atoms with Crippen LogP contribution >= 0.6 is 11.8 Å². The van der Waals surface area contributed by atoms with E-state index in [0.29, 0.717) is 17.1 Å². The molecule has 1 aliphatic heterocycles. The lowest BCUT2D eigenvalue weighted by molar-refractivity contribution is -0.133. The molecule has 0 aromatic carbocycles. The zero-order valence-corrected chi connectivity index (χ0v) is 15.1. The topological polar surface area (TPSA) is 20.3 Å². The van der Waals surface area contributed by atoms with Crippen LogP contribution in [0.25, 0.3) is 0 Å². The van der Waals surface area contributed by atoms with Crippen LogP contribution in [0, 0.1) is 17.3 Å². The van der Waals surface area contributed by atoms with Gasteiger partial charge in [0.2, 0.25) is 5.91 Å². The van der Waals surface area contributed by atoms with Gasteiger partial charge in [-0.2, -0.15) is 11.8 Å². The van der Waals surface area contributed by atoms with Crippen LogP contribution < -0.4 is 0 Å². The van der Waals surface area contributed by atoms with E-state index < -0.39 is 0 Å². The molecule has 1 saturated carbocycles. The number of amides is 1. The standard InChI is InChI=1S/C18H31NOS/c1-6-21-14-9-7-8-10-19(12-14)17(20)16-15(11-13(2)3)18(16,4)5/h11,14-16H,6-10,12H2,1-5H3. The van der Waals surface area contributed by atoms with Crippen LogP contribution in [0.2, 0.25) is 0 Å². The molecule has 0 aromatic rings. The number of rotatable bonds is 4. The van der Waals surface area contributed by atoms with Crippen LogP contribution in [-0.2, 0) is 4.79 Å². The predicted molar refractivity (Wildman–Crippen MR) is 92.5 cm³/mol. The molecule has 0 bridgehead atoms. The molecule has 1 amide bonds. The monoisotopic (exact) mass is 309 g/mol. The van der Waals surface area contributed by atoms with E-state index in [9.17, 15) is 4.79 Å². The molecule has 1 heterocycles. The van der Waals surface area contributed by atoms with E-state index in [1.54, 1.807) is 0 Å². The molecule has 2 rings (SSSR count). The van der Waals surface area contributed by atoms with Crippen molar-refractivity contribution in [3.63, 3.8) is 0 Å². The molecule has 3 heteroatoms. The number of allylic oxidation sites excluding steroid dienone is 2. The Morgan fingerprint density at radius 3 is 2.67 bits per heavy atom. The van der Waals surface area contributed by atoms with Crippen molar-refractivity contribution in [1.82, 2.24) is 4.90 Å². The smallest absolute Gasteiger partial charge is 0.226 e. The molecule has 3 unspecified atom stereocenters. The van der Waals surface area contributed by atoms with Crippen molar-refractivity contribution in [1.29, 1.82) is 0 Å². The van der Waals surface area contributed by atoms with E-state index in [4.69, 9.17) is 0 Å². The highest BCUT2D eigenvalue weighted by atomic mass is 32.2. The van der Waals surface area contributed by atoms with E-state index in [0.717, 1.165) is 18.8 Å². The summed E-state index contributed by atoms with van der Waals surface area (Å²) in [7, 11) is 0. The van der Waals surface area contributed by atoms with Crippen LogP contribution in [0.15, 0.2) is 11.6 Å². The highest BCUT2D eigenvalue weighted by molar-refractivity contribution is 7.99. The minimum absolute atomic E-state index is 0.147. The molecule has 1 aliphatic carbocycles. The Balaban J connectivity index is 2.03. The first-order chi connectivity index (χ1) is 9.87. The fourth-order valence-electron chi connectivity index (χ4n) is 3.69. The maximum absolute atomic E-state index is 13.0. The summed E-state index contributed by atoms with van der Waals surface area (Å²) in [6.07, 6.45) is 6.02. The van der Waals surface area contributed by atoms with E-state index >= 15 is 0 Å². The van der Waals surface area contributed by atoms with E-state index in [1.165, 1.54) is 24.8 Å². The highest BCUT2D eigenvalue weighted by Crippen LogP contribution is 2.60. The van der Waals surface area contributed by atoms with Gasteiger partial charge in [-0.05, 0) is 43.8 Å². The molecule has 0 N–H and O–H groups in total. The summed E-state index contributed by atoms with van der Waals surface area (Å²) in [4.78, 5) is 15.1. The Labute approximate surface area is 134 Å². The first kappa shape index (κ1) is 16.9. The van der Waals surface area contributed by atoms with Crippen molar-refractivity contribution in [3.05, 3.63) is 11.6 Å². The minimum Gasteiger partial charge on any atom is -0.341 e. The normalized spacial score (nSPS) is 31.5. The van der Waals surface area contributed by atoms with E-state index in [2.05, 4.69) is 45.6 Å². The summed E-state index contributed by atoms with van der Waals surface area (Å²) in [6, 6.07) is 0. The predicted octanol–water partition coefficient (Wildman–Crippen LogP) is 4.36. The molecular formula is C18H31NOS. The largest absolute Gasteiger partial charge is 0.341 e. The third-order valence-corrected chi connectivity index (χ3v) is 6.22. The number of hydrogen-bond donors (Lipinski definition) is 0. The summed E-state index contributed by atoms with van der Waals surface area (Å²) in [5.74, 6) is 2.21. The molecule has 1 saturated heterocycles. The van der Waals surface area contributed by atoms with Gasteiger partial charge < -0.3 is 4.90 Å². The van der Waals surface area contributed by atoms with Gasteiger partial charge in [-0.15, -0.1) is 0 Å². The van der Waals surface area contributed by atoms with Gasteiger partial charge in [-0.1, -0.05) is 38.8 Å².